The van der Waals surface area contributed by atoms with Crippen LogP contribution < -0.4 is 5.32 Å². The van der Waals surface area contributed by atoms with Crippen LogP contribution in [0.4, 0.5) is 0 Å². The van der Waals surface area contributed by atoms with Crippen molar-refractivity contribution in [3.8, 4) is 0 Å². The summed E-state index contributed by atoms with van der Waals surface area (Å²) in [6.07, 6.45) is 4.38. The summed E-state index contributed by atoms with van der Waals surface area (Å²) < 4.78 is 4.93. The van der Waals surface area contributed by atoms with Crippen LogP contribution in [0.2, 0.25) is 0 Å². The summed E-state index contributed by atoms with van der Waals surface area (Å²) in [5, 5.41) is 7.25. The summed E-state index contributed by atoms with van der Waals surface area (Å²) in [6, 6.07) is 0.547. The SMILES string of the molecule is Cc1nc(CN2CCCC(NC3CC3)C2=O)no1. The molecule has 0 radical (unpaired) electrons. The number of carbonyl (C=O) groups is 1. The average Bonchev–Trinajstić information content (AvgIpc) is 3.07. The van der Waals surface area contributed by atoms with Gasteiger partial charge in [-0.25, -0.2) is 0 Å². The Morgan fingerprint density at radius 3 is 2.94 bits per heavy atom. The lowest BCUT2D eigenvalue weighted by Gasteiger charge is -2.32. The molecule has 1 atom stereocenters. The van der Waals surface area contributed by atoms with Crippen LogP contribution in [0, 0.1) is 6.92 Å². The van der Waals surface area contributed by atoms with Crippen molar-refractivity contribution in [1.29, 1.82) is 0 Å². The van der Waals surface area contributed by atoms with Gasteiger partial charge in [0.15, 0.2) is 5.82 Å². The van der Waals surface area contributed by atoms with E-state index in [0.717, 1.165) is 19.4 Å². The predicted molar refractivity (Wildman–Crippen MR) is 63.6 cm³/mol. The first kappa shape index (κ1) is 11.6. The second-order valence-electron chi connectivity index (χ2n) is 5.13. The van der Waals surface area contributed by atoms with E-state index in [1.165, 1.54) is 12.8 Å². The van der Waals surface area contributed by atoms with E-state index in [-0.39, 0.29) is 11.9 Å². The Balaban J connectivity index is 1.62. The Morgan fingerprint density at radius 1 is 1.44 bits per heavy atom. The lowest BCUT2D eigenvalue weighted by Crippen LogP contribution is -2.50. The highest BCUT2D eigenvalue weighted by Crippen LogP contribution is 2.22. The third-order valence-corrected chi connectivity index (χ3v) is 3.45. The molecule has 2 fully saturated rings. The van der Waals surface area contributed by atoms with E-state index in [1.807, 2.05) is 4.90 Å². The van der Waals surface area contributed by atoms with Crippen molar-refractivity contribution in [3.05, 3.63) is 11.7 Å². The van der Waals surface area contributed by atoms with Crippen molar-refractivity contribution in [2.45, 2.75) is 51.2 Å². The first-order valence-electron chi connectivity index (χ1n) is 6.56. The van der Waals surface area contributed by atoms with Gasteiger partial charge < -0.3 is 14.7 Å². The van der Waals surface area contributed by atoms with Gasteiger partial charge in [-0.3, -0.25) is 4.79 Å². The van der Waals surface area contributed by atoms with E-state index in [9.17, 15) is 4.79 Å². The minimum absolute atomic E-state index is 0.0146. The molecule has 0 spiro atoms. The minimum atomic E-state index is -0.0146. The van der Waals surface area contributed by atoms with Crippen molar-refractivity contribution in [2.24, 2.45) is 0 Å². The van der Waals surface area contributed by atoms with Crippen LogP contribution in [0.1, 0.15) is 37.4 Å². The zero-order valence-corrected chi connectivity index (χ0v) is 10.6. The fourth-order valence-corrected chi connectivity index (χ4v) is 2.36. The molecule has 0 aromatic carbocycles. The average molecular weight is 250 g/mol. The summed E-state index contributed by atoms with van der Waals surface area (Å²) in [4.78, 5) is 18.2. The van der Waals surface area contributed by atoms with Crippen molar-refractivity contribution >= 4 is 5.91 Å². The van der Waals surface area contributed by atoms with E-state index in [2.05, 4.69) is 15.5 Å². The smallest absolute Gasteiger partial charge is 0.240 e. The van der Waals surface area contributed by atoms with E-state index >= 15 is 0 Å². The number of likely N-dealkylation sites (tertiary alicyclic amines) is 1. The first-order valence-corrected chi connectivity index (χ1v) is 6.56. The maximum atomic E-state index is 12.3. The van der Waals surface area contributed by atoms with Crippen molar-refractivity contribution in [3.63, 3.8) is 0 Å². The third-order valence-electron chi connectivity index (χ3n) is 3.45. The van der Waals surface area contributed by atoms with Crippen LogP contribution in [0.25, 0.3) is 0 Å². The molecule has 98 valence electrons. The fourth-order valence-electron chi connectivity index (χ4n) is 2.36. The second kappa shape index (κ2) is 4.68. The van der Waals surface area contributed by atoms with E-state index in [0.29, 0.717) is 24.3 Å². The number of nitrogens with zero attached hydrogens (tertiary/aromatic N) is 3. The zero-order chi connectivity index (χ0) is 12.5. The number of hydrogen-bond acceptors (Lipinski definition) is 5. The van der Waals surface area contributed by atoms with E-state index in [1.54, 1.807) is 6.92 Å². The highest BCUT2D eigenvalue weighted by atomic mass is 16.5. The first-order chi connectivity index (χ1) is 8.72. The van der Waals surface area contributed by atoms with E-state index in [4.69, 9.17) is 4.52 Å². The minimum Gasteiger partial charge on any atom is -0.340 e. The topological polar surface area (TPSA) is 71.3 Å². The lowest BCUT2D eigenvalue weighted by atomic mass is 10.0. The monoisotopic (exact) mass is 250 g/mol. The van der Waals surface area contributed by atoms with Crippen molar-refractivity contribution in [1.82, 2.24) is 20.4 Å². The fraction of sp³-hybridized carbons (Fsp3) is 0.750. The molecule has 1 aromatic rings. The zero-order valence-electron chi connectivity index (χ0n) is 10.6. The maximum Gasteiger partial charge on any atom is 0.240 e. The summed E-state index contributed by atoms with van der Waals surface area (Å²) in [7, 11) is 0. The van der Waals surface area contributed by atoms with Gasteiger partial charge in [-0.05, 0) is 25.7 Å². The Morgan fingerprint density at radius 2 is 2.28 bits per heavy atom. The molecule has 1 saturated carbocycles. The van der Waals surface area contributed by atoms with Crippen LogP contribution in [-0.2, 0) is 11.3 Å². The predicted octanol–water partition coefficient (Wildman–Crippen LogP) is 0.621. The molecule has 1 saturated heterocycles. The van der Waals surface area contributed by atoms with Crippen molar-refractivity contribution < 1.29 is 9.32 Å². The van der Waals surface area contributed by atoms with E-state index < -0.39 is 0 Å². The van der Waals surface area contributed by atoms with Crippen LogP contribution in [0.5, 0.6) is 0 Å². The quantitative estimate of drug-likeness (QED) is 0.848. The summed E-state index contributed by atoms with van der Waals surface area (Å²) in [5.41, 5.74) is 0. The number of rotatable bonds is 4. The molecule has 1 aromatic heterocycles. The summed E-state index contributed by atoms with van der Waals surface area (Å²) >= 11 is 0. The third kappa shape index (κ3) is 2.53. The standard InChI is InChI=1S/C12H18N4O2/c1-8-13-11(15-18-8)7-16-6-2-3-10(12(16)17)14-9-4-5-9/h9-10,14H,2-7H2,1H3. The molecule has 6 heteroatoms. The van der Waals surface area contributed by atoms with Gasteiger partial charge in [-0.1, -0.05) is 5.16 Å². The Bertz CT molecular complexity index is 441. The van der Waals surface area contributed by atoms with Gasteiger partial charge in [0.2, 0.25) is 11.8 Å². The highest BCUT2D eigenvalue weighted by Gasteiger charge is 2.33. The number of hydrogen-bond donors (Lipinski definition) is 1. The number of carbonyl (C=O) groups excluding carboxylic acids is 1. The largest absolute Gasteiger partial charge is 0.340 e. The van der Waals surface area contributed by atoms with Gasteiger partial charge in [-0.15, -0.1) is 0 Å². The summed E-state index contributed by atoms with van der Waals surface area (Å²) in [5.74, 6) is 1.31. The molecule has 1 N–H and O–H groups in total. The molecule has 2 heterocycles. The molecule has 3 rings (SSSR count). The van der Waals surface area contributed by atoms with Gasteiger partial charge >= 0.3 is 0 Å². The number of aromatic nitrogens is 2. The van der Waals surface area contributed by atoms with Gasteiger partial charge in [0.05, 0.1) is 12.6 Å². The normalized spacial score (nSPS) is 24.6. The second-order valence-corrected chi connectivity index (χ2v) is 5.13. The van der Waals surface area contributed by atoms with Crippen LogP contribution in [0.15, 0.2) is 4.52 Å². The van der Waals surface area contributed by atoms with Crippen LogP contribution in [0.3, 0.4) is 0 Å². The molecule has 6 nitrogen and oxygen atoms in total. The van der Waals surface area contributed by atoms with Gasteiger partial charge in [0, 0.05) is 19.5 Å². The number of nitrogens with one attached hydrogen (secondary N) is 1. The maximum absolute atomic E-state index is 12.3. The van der Waals surface area contributed by atoms with Gasteiger partial charge in [0.1, 0.15) is 0 Å². The highest BCUT2D eigenvalue weighted by molar-refractivity contribution is 5.82. The molecule has 2 aliphatic rings. The Hall–Kier alpha value is -1.43. The molecule has 1 aliphatic carbocycles. The van der Waals surface area contributed by atoms with Crippen LogP contribution in [-0.4, -0.2) is 39.6 Å². The number of aryl methyl sites for hydroxylation is 1. The molecular weight excluding hydrogens is 232 g/mol. The number of piperidine rings is 1. The molecule has 1 unspecified atom stereocenters. The molecule has 0 bridgehead atoms. The molecule has 18 heavy (non-hydrogen) atoms. The van der Waals surface area contributed by atoms with Crippen molar-refractivity contribution in [2.75, 3.05) is 6.54 Å². The molecular formula is C12H18N4O2. The number of amides is 1. The molecule has 1 amide bonds. The Labute approximate surface area is 106 Å². The van der Waals surface area contributed by atoms with Gasteiger partial charge in [0.25, 0.3) is 0 Å². The Kier molecular flexibility index (Phi) is 3.03. The van der Waals surface area contributed by atoms with Crippen LogP contribution >= 0.6 is 0 Å². The summed E-state index contributed by atoms with van der Waals surface area (Å²) in [6.45, 7) is 3.00. The van der Waals surface area contributed by atoms with Gasteiger partial charge in [-0.2, -0.15) is 4.98 Å². The lowest BCUT2D eigenvalue weighted by molar-refractivity contribution is -0.136. The molecule has 1 aliphatic heterocycles.